The molecule has 0 aliphatic rings. The van der Waals surface area contributed by atoms with Crippen molar-refractivity contribution < 1.29 is 14.0 Å². The van der Waals surface area contributed by atoms with E-state index in [0.717, 1.165) is 0 Å². The SMILES string of the molecule is CCNC(=NCCC(=O)N(CC)CC)NCCNC(=O)c1ccco1. The summed E-state index contributed by atoms with van der Waals surface area (Å²) in [6.07, 6.45) is 1.84. The molecule has 25 heavy (non-hydrogen) atoms. The Morgan fingerprint density at radius 2 is 1.84 bits per heavy atom. The fraction of sp³-hybridized carbons (Fsp3) is 0.588. The Morgan fingerprint density at radius 3 is 2.44 bits per heavy atom. The van der Waals surface area contributed by atoms with Gasteiger partial charge in [0.25, 0.3) is 5.91 Å². The lowest BCUT2D eigenvalue weighted by molar-refractivity contribution is -0.130. The van der Waals surface area contributed by atoms with Gasteiger partial charge in [-0.3, -0.25) is 14.6 Å². The van der Waals surface area contributed by atoms with Gasteiger partial charge in [-0.25, -0.2) is 0 Å². The maximum absolute atomic E-state index is 12.0. The Labute approximate surface area is 149 Å². The summed E-state index contributed by atoms with van der Waals surface area (Å²) in [5.41, 5.74) is 0. The zero-order valence-electron chi connectivity index (χ0n) is 15.3. The minimum absolute atomic E-state index is 0.107. The molecule has 8 heteroatoms. The summed E-state index contributed by atoms with van der Waals surface area (Å²) in [4.78, 5) is 29.9. The predicted octanol–water partition coefficient (Wildman–Crippen LogP) is 0.823. The number of aliphatic imine (C=N–C) groups is 1. The van der Waals surface area contributed by atoms with Crippen LogP contribution >= 0.6 is 0 Å². The van der Waals surface area contributed by atoms with Crippen LogP contribution in [0.3, 0.4) is 0 Å². The van der Waals surface area contributed by atoms with Gasteiger partial charge in [0.2, 0.25) is 5.91 Å². The van der Waals surface area contributed by atoms with Crippen molar-refractivity contribution in [1.29, 1.82) is 0 Å². The number of nitrogens with zero attached hydrogens (tertiary/aromatic N) is 2. The number of rotatable bonds is 10. The molecule has 0 spiro atoms. The first kappa shape index (κ1) is 20.5. The molecule has 3 N–H and O–H groups in total. The molecule has 0 bridgehead atoms. The van der Waals surface area contributed by atoms with Gasteiger partial charge >= 0.3 is 0 Å². The second kappa shape index (κ2) is 11.9. The van der Waals surface area contributed by atoms with Crippen molar-refractivity contribution in [3.8, 4) is 0 Å². The van der Waals surface area contributed by atoms with Gasteiger partial charge in [0.1, 0.15) is 0 Å². The third-order valence-corrected chi connectivity index (χ3v) is 3.50. The zero-order chi connectivity index (χ0) is 18.5. The van der Waals surface area contributed by atoms with E-state index in [0.29, 0.717) is 51.6 Å². The number of carbonyl (C=O) groups is 2. The lowest BCUT2D eigenvalue weighted by Crippen LogP contribution is -2.41. The third-order valence-electron chi connectivity index (χ3n) is 3.50. The van der Waals surface area contributed by atoms with E-state index in [4.69, 9.17) is 4.42 Å². The van der Waals surface area contributed by atoms with E-state index < -0.39 is 0 Å². The molecule has 8 nitrogen and oxygen atoms in total. The van der Waals surface area contributed by atoms with Crippen LogP contribution in [0.25, 0.3) is 0 Å². The van der Waals surface area contributed by atoms with Crippen LogP contribution in [-0.4, -0.2) is 61.9 Å². The highest BCUT2D eigenvalue weighted by Crippen LogP contribution is 1.98. The summed E-state index contributed by atoms with van der Waals surface area (Å²) in [6, 6.07) is 3.28. The smallest absolute Gasteiger partial charge is 0.287 e. The van der Waals surface area contributed by atoms with Crippen LogP contribution in [0.5, 0.6) is 0 Å². The van der Waals surface area contributed by atoms with E-state index in [1.54, 1.807) is 17.0 Å². The maximum atomic E-state index is 12.0. The molecule has 0 aliphatic heterocycles. The molecule has 140 valence electrons. The molecule has 1 rings (SSSR count). The molecule has 2 amide bonds. The van der Waals surface area contributed by atoms with Gasteiger partial charge in [-0.2, -0.15) is 0 Å². The largest absolute Gasteiger partial charge is 0.459 e. The van der Waals surface area contributed by atoms with Gasteiger partial charge in [0.15, 0.2) is 11.7 Å². The molecular weight excluding hydrogens is 322 g/mol. The first-order valence-electron chi connectivity index (χ1n) is 8.73. The number of nitrogens with one attached hydrogen (secondary N) is 3. The van der Waals surface area contributed by atoms with Crippen LogP contribution < -0.4 is 16.0 Å². The molecular formula is C17H29N5O3. The van der Waals surface area contributed by atoms with E-state index in [1.807, 2.05) is 20.8 Å². The van der Waals surface area contributed by atoms with Crippen molar-refractivity contribution in [2.45, 2.75) is 27.2 Å². The molecule has 0 aromatic carbocycles. The Morgan fingerprint density at radius 1 is 1.12 bits per heavy atom. The van der Waals surface area contributed by atoms with Crippen LogP contribution in [0.2, 0.25) is 0 Å². The molecule has 1 aromatic heterocycles. The van der Waals surface area contributed by atoms with E-state index >= 15 is 0 Å². The van der Waals surface area contributed by atoms with Gasteiger partial charge in [-0.15, -0.1) is 0 Å². The molecule has 0 saturated heterocycles. The molecule has 0 aliphatic carbocycles. The van der Waals surface area contributed by atoms with Gasteiger partial charge in [-0.1, -0.05) is 0 Å². The summed E-state index contributed by atoms with van der Waals surface area (Å²) in [7, 11) is 0. The quantitative estimate of drug-likeness (QED) is 0.329. The molecule has 0 fully saturated rings. The summed E-state index contributed by atoms with van der Waals surface area (Å²) < 4.78 is 5.02. The lowest BCUT2D eigenvalue weighted by Gasteiger charge is -2.18. The predicted molar refractivity (Wildman–Crippen MR) is 97.6 cm³/mol. The van der Waals surface area contributed by atoms with Crippen LogP contribution in [0.15, 0.2) is 27.8 Å². The van der Waals surface area contributed by atoms with Crippen LogP contribution in [0, 0.1) is 0 Å². The average Bonchev–Trinajstić information content (AvgIpc) is 3.14. The average molecular weight is 351 g/mol. The summed E-state index contributed by atoms with van der Waals surface area (Å²) in [6.45, 7) is 9.42. The first-order valence-corrected chi connectivity index (χ1v) is 8.73. The summed E-state index contributed by atoms with van der Waals surface area (Å²) in [5.74, 6) is 0.770. The Hall–Kier alpha value is -2.51. The number of carbonyl (C=O) groups excluding carboxylic acids is 2. The molecule has 0 unspecified atom stereocenters. The standard InChI is InChI=1S/C17H29N5O3/c1-4-18-17(20-10-9-15(23)22(5-2)6-3)21-12-11-19-16(24)14-8-7-13-25-14/h7-8,13H,4-6,9-12H2,1-3H3,(H,19,24)(H2,18,20,21). The molecule has 0 radical (unpaired) electrons. The van der Waals surface area contributed by atoms with Crippen LogP contribution in [0.4, 0.5) is 0 Å². The Bertz CT molecular complexity index is 538. The fourth-order valence-electron chi connectivity index (χ4n) is 2.19. The van der Waals surface area contributed by atoms with E-state index in [2.05, 4.69) is 20.9 Å². The number of guanidine groups is 1. The molecule has 0 saturated carbocycles. The van der Waals surface area contributed by atoms with Crippen molar-refractivity contribution in [1.82, 2.24) is 20.9 Å². The van der Waals surface area contributed by atoms with Crippen molar-refractivity contribution in [2.24, 2.45) is 4.99 Å². The van der Waals surface area contributed by atoms with Crippen molar-refractivity contribution in [2.75, 3.05) is 39.3 Å². The van der Waals surface area contributed by atoms with Crippen molar-refractivity contribution >= 4 is 17.8 Å². The fourth-order valence-corrected chi connectivity index (χ4v) is 2.19. The second-order valence-corrected chi connectivity index (χ2v) is 5.24. The van der Waals surface area contributed by atoms with Crippen molar-refractivity contribution in [3.63, 3.8) is 0 Å². The zero-order valence-corrected chi connectivity index (χ0v) is 15.3. The highest BCUT2D eigenvalue weighted by Gasteiger charge is 2.09. The highest BCUT2D eigenvalue weighted by molar-refractivity contribution is 5.91. The number of hydrogen-bond acceptors (Lipinski definition) is 4. The number of amides is 2. The van der Waals surface area contributed by atoms with Gasteiger partial charge in [-0.05, 0) is 32.9 Å². The first-order chi connectivity index (χ1) is 12.1. The maximum Gasteiger partial charge on any atom is 0.287 e. The molecule has 0 atom stereocenters. The number of hydrogen-bond donors (Lipinski definition) is 3. The van der Waals surface area contributed by atoms with Crippen molar-refractivity contribution in [3.05, 3.63) is 24.2 Å². The van der Waals surface area contributed by atoms with E-state index in [-0.39, 0.29) is 17.6 Å². The molecule has 1 heterocycles. The van der Waals surface area contributed by atoms with Gasteiger partial charge in [0, 0.05) is 39.1 Å². The van der Waals surface area contributed by atoms with E-state index in [9.17, 15) is 9.59 Å². The highest BCUT2D eigenvalue weighted by atomic mass is 16.3. The summed E-state index contributed by atoms with van der Waals surface area (Å²) in [5, 5.41) is 8.98. The van der Waals surface area contributed by atoms with Crippen LogP contribution in [0.1, 0.15) is 37.7 Å². The monoisotopic (exact) mass is 351 g/mol. The van der Waals surface area contributed by atoms with E-state index in [1.165, 1.54) is 6.26 Å². The normalized spacial score (nSPS) is 11.1. The minimum atomic E-state index is -0.251. The third kappa shape index (κ3) is 7.73. The lowest BCUT2D eigenvalue weighted by atomic mass is 10.3. The van der Waals surface area contributed by atoms with Crippen LogP contribution in [-0.2, 0) is 4.79 Å². The Kier molecular flexibility index (Phi) is 9.81. The van der Waals surface area contributed by atoms with Gasteiger partial charge in [0.05, 0.1) is 12.8 Å². The van der Waals surface area contributed by atoms with Gasteiger partial charge < -0.3 is 25.3 Å². The Balaban J connectivity index is 2.32. The second-order valence-electron chi connectivity index (χ2n) is 5.24. The molecule has 1 aromatic rings. The number of furan rings is 1. The summed E-state index contributed by atoms with van der Waals surface area (Å²) >= 11 is 0. The topological polar surface area (TPSA) is 99.0 Å². The minimum Gasteiger partial charge on any atom is -0.459 e.